The number of anilines is 1. The van der Waals surface area contributed by atoms with Crippen molar-refractivity contribution in [1.29, 1.82) is 0 Å². The largest absolute Gasteiger partial charge is 0.495 e. The molecule has 0 bridgehead atoms. The van der Waals surface area contributed by atoms with Crippen LogP contribution in [-0.2, 0) is 6.54 Å². The molecule has 3 aromatic rings. The highest BCUT2D eigenvalue weighted by atomic mass is 16.5. The number of aromatic nitrogens is 2. The van der Waals surface area contributed by atoms with Crippen LogP contribution in [0.5, 0.6) is 5.75 Å². The number of nitrogens with one attached hydrogen (secondary N) is 2. The van der Waals surface area contributed by atoms with E-state index in [-0.39, 0.29) is 11.6 Å². The van der Waals surface area contributed by atoms with Crippen LogP contribution in [0.3, 0.4) is 0 Å². The van der Waals surface area contributed by atoms with Crippen LogP contribution < -0.4 is 21.3 Å². The van der Waals surface area contributed by atoms with Gasteiger partial charge in [0.05, 0.1) is 25.0 Å². The lowest BCUT2D eigenvalue weighted by atomic mass is 10.1. The molecule has 1 atom stereocenters. The second kappa shape index (κ2) is 7.36. The molecule has 0 amide bonds. The van der Waals surface area contributed by atoms with Crippen molar-refractivity contribution in [3.63, 3.8) is 0 Å². The average Bonchev–Trinajstić information content (AvgIpc) is 2.74. The third-order valence-corrected chi connectivity index (χ3v) is 5.17. The maximum atomic E-state index is 12.6. The molecule has 2 heterocycles. The molecule has 0 saturated heterocycles. The quantitative estimate of drug-likeness (QED) is 0.729. The Morgan fingerprint density at radius 3 is 2.50 bits per heavy atom. The highest BCUT2D eigenvalue weighted by Crippen LogP contribution is 2.29. The van der Waals surface area contributed by atoms with Crippen LogP contribution >= 0.6 is 0 Å². The van der Waals surface area contributed by atoms with Crippen LogP contribution in [0.15, 0.2) is 64.2 Å². The van der Waals surface area contributed by atoms with Crippen molar-refractivity contribution in [3.05, 3.63) is 86.6 Å². The molecule has 0 radical (unpaired) electrons. The maximum Gasteiger partial charge on any atom is 0.334 e. The zero-order chi connectivity index (χ0) is 19.7. The van der Waals surface area contributed by atoms with Gasteiger partial charge in [0.2, 0.25) is 0 Å². The summed E-state index contributed by atoms with van der Waals surface area (Å²) in [4.78, 5) is 29.8. The van der Waals surface area contributed by atoms with Gasteiger partial charge in [0.25, 0.3) is 5.56 Å². The monoisotopic (exact) mass is 378 g/mol. The van der Waals surface area contributed by atoms with Crippen molar-refractivity contribution in [1.82, 2.24) is 14.5 Å². The van der Waals surface area contributed by atoms with Gasteiger partial charge in [-0.2, -0.15) is 0 Å². The fraction of sp³-hybridized carbons (Fsp3) is 0.238. The van der Waals surface area contributed by atoms with Crippen molar-refractivity contribution >= 4 is 5.82 Å². The molecule has 0 fully saturated rings. The van der Waals surface area contributed by atoms with Crippen LogP contribution in [0.2, 0.25) is 0 Å². The van der Waals surface area contributed by atoms with Gasteiger partial charge < -0.3 is 10.1 Å². The Morgan fingerprint density at radius 1 is 1.04 bits per heavy atom. The first-order chi connectivity index (χ1) is 13.6. The molecule has 0 spiro atoms. The van der Waals surface area contributed by atoms with E-state index >= 15 is 0 Å². The molecule has 1 aliphatic rings. The minimum Gasteiger partial charge on any atom is -0.495 e. The summed E-state index contributed by atoms with van der Waals surface area (Å²) in [5.41, 5.74) is 1.41. The normalized spacial score (nSPS) is 14.8. The lowest BCUT2D eigenvalue weighted by Crippen LogP contribution is -2.43. The minimum absolute atomic E-state index is 0.118. The molecule has 4 rings (SSSR count). The van der Waals surface area contributed by atoms with E-state index in [1.54, 1.807) is 19.2 Å². The number of nitrogens with zero attached hydrogens (tertiary/aromatic N) is 2. The number of H-pyrrole nitrogens is 1. The van der Waals surface area contributed by atoms with Gasteiger partial charge in [-0.25, -0.2) is 9.36 Å². The Bertz CT molecular complexity index is 1100. The number of fused-ring (bicyclic) bond motifs is 1. The number of benzene rings is 2. The summed E-state index contributed by atoms with van der Waals surface area (Å²) in [5.74, 6) is 1.07. The van der Waals surface area contributed by atoms with Crippen LogP contribution in [0.1, 0.15) is 24.1 Å². The molecule has 7 nitrogen and oxygen atoms in total. The first-order valence-corrected chi connectivity index (χ1v) is 9.14. The maximum absolute atomic E-state index is 12.6. The van der Waals surface area contributed by atoms with Gasteiger partial charge in [0.15, 0.2) is 0 Å². The van der Waals surface area contributed by atoms with E-state index in [1.165, 1.54) is 10.1 Å². The number of rotatable bonds is 4. The summed E-state index contributed by atoms with van der Waals surface area (Å²) >= 11 is 0. The smallest absolute Gasteiger partial charge is 0.334 e. The second-order valence-corrected chi connectivity index (χ2v) is 6.76. The highest BCUT2D eigenvalue weighted by molar-refractivity contribution is 5.56. The number of hydrogen-bond donors (Lipinski definition) is 2. The summed E-state index contributed by atoms with van der Waals surface area (Å²) in [7, 11) is 1.55. The third-order valence-electron chi connectivity index (χ3n) is 5.17. The Morgan fingerprint density at radius 2 is 1.75 bits per heavy atom. The molecule has 7 heteroatoms. The topological polar surface area (TPSA) is 79.4 Å². The highest BCUT2D eigenvalue weighted by Gasteiger charge is 2.27. The first-order valence-electron chi connectivity index (χ1n) is 9.14. The van der Waals surface area contributed by atoms with Crippen LogP contribution in [-0.4, -0.2) is 28.2 Å². The number of aromatic amines is 1. The minimum atomic E-state index is -0.495. The van der Waals surface area contributed by atoms with Gasteiger partial charge in [0, 0.05) is 12.6 Å². The van der Waals surface area contributed by atoms with Crippen LogP contribution in [0, 0.1) is 0 Å². The summed E-state index contributed by atoms with van der Waals surface area (Å²) in [5, 5.41) is 3.28. The zero-order valence-electron chi connectivity index (χ0n) is 15.8. The molecule has 28 heavy (non-hydrogen) atoms. The summed E-state index contributed by atoms with van der Waals surface area (Å²) < 4.78 is 6.88. The zero-order valence-corrected chi connectivity index (χ0v) is 15.8. The van der Waals surface area contributed by atoms with Crippen molar-refractivity contribution in [3.8, 4) is 11.4 Å². The predicted octanol–water partition coefficient (Wildman–Crippen LogP) is 2.48. The first kappa shape index (κ1) is 18.1. The second-order valence-electron chi connectivity index (χ2n) is 6.76. The van der Waals surface area contributed by atoms with Crippen molar-refractivity contribution < 1.29 is 4.74 Å². The Balaban J connectivity index is 1.78. The fourth-order valence-electron chi connectivity index (χ4n) is 3.60. The molecule has 2 aromatic carbocycles. The fourth-order valence-corrected chi connectivity index (χ4v) is 3.60. The number of methoxy groups -OCH3 is 1. The third kappa shape index (κ3) is 3.10. The molecule has 0 saturated carbocycles. The predicted molar refractivity (Wildman–Crippen MR) is 108 cm³/mol. The molecule has 1 aromatic heterocycles. The van der Waals surface area contributed by atoms with E-state index in [9.17, 15) is 9.59 Å². The Kier molecular flexibility index (Phi) is 4.75. The van der Waals surface area contributed by atoms with E-state index < -0.39 is 5.69 Å². The summed E-state index contributed by atoms with van der Waals surface area (Å²) in [6, 6.07) is 17.5. The van der Waals surface area contributed by atoms with Crippen LogP contribution in [0.25, 0.3) is 5.69 Å². The molecule has 0 aliphatic carbocycles. The molecule has 0 unspecified atom stereocenters. The summed E-state index contributed by atoms with van der Waals surface area (Å²) in [6.45, 7) is 3.05. The molecule has 144 valence electrons. The van der Waals surface area contributed by atoms with Gasteiger partial charge in [-0.1, -0.05) is 42.5 Å². The van der Waals surface area contributed by atoms with E-state index in [0.29, 0.717) is 36.0 Å². The standard InChI is InChI=1S/C21H22N4O3/c1-14(15-8-4-3-5-9-15)24-12-16-19(22-13-24)25(21(27)23-20(16)26)17-10-6-7-11-18(17)28-2/h3-11,14,22H,12-13H2,1-2H3,(H,23,26,27)/t14-/m1/s1. The van der Waals surface area contributed by atoms with Gasteiger partial charge in [-0.3, -0.25) is 14.7 Å². The van der Waals surface area contributed by atoms with E-state index in [0.717, 1.165) is 0 Å². The van der Waals surface area contributed by atoms with Crippen molar-refractivity contribution in [2.45, 2.75) is 19.5 Å². The molecule has 1 aliphatic heterocycles. The lowest BCUT2D eigenvalue weighted by Gasteiger charge is -2.35. The molecular weight excluding hydrogens is 356 g/mol. The lowest BCUT2D eigenvalue weighted by molar-refractivity contribution is 0.207. The number of ether oxygens (including phenoxy) is 1. The van der Waals surface area contributed by atoms with E-state index in [4.69, 9.17) is 4.74 Å². The van der Waals surface area contributed by atoms with Gasteiger partial charge in [-0.15, -0.1) is 0 Å². The molecular formula is C21H22N4O3. The Hall–Kier alpha value is -3.32. The van der Waals surface area contributed by atoms with Crippen LogP contribution in [0.4, 0.5) is 5.82 Å². The Labute approximate surface area is 162 Å². The number of hydrogen-bond acceptors (Lipinski definition) is 5. The average molecular weight is 378 g/mol. The van der Waals surface area contributed by atoms with Gasteiger partial charge in [-0.05, 0) is 24.6 Å². The van der Waals surface area contributed by atoms with E-state index in [2.05, 4.69) is 34.3 Å². The van der Waals surface area contributed by atoms with Gasteiger partial charge >= 0.3 is 5.69 Å². The molecule has 2 N–H and O–H groups in total. The number of para-hydroxylation sites is 2. The van der Waals surface area contributed by atoms with Crippen molar-refractivity contribution in [2.24, 2.45) is 0 Å². The van der Waals surface area contributed by atoms with Crippen molar-refractivity contribution in [2.75, 3.05) is 19.1 Å². The van der Waals surface area contributed by atoms with Gasteiger partial charge in [0.1, 0.15) is 11.6 Å². The van der Waals surface area contributed by atoms with E-state index in [1.807, 2.05) is 30.3 Å². The SMILES string of the molecule is COc1ccccc1-n1c2c(c(=O)[nH]c1=O)CN([C@H](C)c1ccccc1)CN2. The summed E-state index contributed by atoms with van der Waals surface area (Å²) in [6.07, 6.45) is 0.